The lowest BCUT2D eigenvalue weighted by Gasteiger charge is -2.36. The normalized spacial score (nSPS) is 14.3. The molecule has 1 aromatic heterocycles. The number of benzene rings is 2. The van der Waals surface area contributed by atoms with E-state index >= 15 is 0 Å². The molecule has 35 heavy (non-hydrogen) atoms. The van der Waals surface area contributed by atoms with E-state index in [9.17, 15) is 14.4 Å². The lowest BCUT2D eigenvalue weighted by atomic mass is 10.2. The number of carbonyl (C=O) groups is 1. The maximum atomic E-state index is 12.6. The molecule has 0 spiro atoms. The minimum Gasteiger partial charge on any atom is -0.497 e. The largest absolute Gasteiger partial charge is 0.497 e. The quantitative estimate of drug-likeness (QED) is 0.370. The zero-order valence-corrected chi connectivity index (χ0v) is 20.4. The number of hydrogen-bond acceptors (Lipinski definition) is 6. The molecule has 4 rings (SSSR count). The van der Waals surface area contributed by atoms with Crippen LogP contribution in [0.25, 0.3) is 11.0 Å². The van der Waals surface area contributed by atoms with Crippen LogP contribution in [0.4, 0.5) is 5.69 Å². The van der Waals surface area contributed by atoms with Gasteiger partial charge in [-0.3, -0.25) is 23.9 Å². The molecule has 0 radical (unpaired) electrons. The Hall–Kier alpha value is -3.59. The van der Waals surface area contributed by atoms with E-state index in [0.717, 1.165) is 44.9 Å². The number of aromatic nitrogens is 2. The Bertz CT molecular complexity index is 1270. The number of hydrogen-bond donors (Lipinski definition) is 1. The second-order valence-electron chi connectivity index (χ2n) is 8.66. The molecule has 1 aliphatic heterocycles. The van der Waals surface area contributed by atoms with E-state index in [4.69, 9.17) is 4.74 Å². The van der Waals surface area contributed by atoms with Crippen LogP contribution >= 0.6 is 0 Å². The van der Waals surface area contributed by atoms with Crippen LogP contribution < -0.4 is 26.1 Å². The SMILES string of the molecule is CCn1c(=O)c(=O)n(CC(=O)NCCCN2CCN(c3ccc(OC)cc3)CC2)c2ccccc21. The van der Waals surface area contributed by atoms with Crippen molar-refractivity contribution in [2.75, 3.05) is 51.3 Å². The van der Waals surface area contributed by atoms with Crippen LogP contribution in [0, 0.1) is 0 Å². The van der Waals surface area contributed by atoms with Crippen molar-refractivity contribution >= 4 is 22.6 Å². The van der Waals surface area contributed by atoms with E-state index in [-0.39, 0.29) is 12.5 Å². The molecule has 0 saturated carbocycles. The number of para-hydroxylation sites is 2. The van der Waals surface area contributed by atoms with Crippen molar-refractivity contribution in [1.29, 1.82) is 0 Å². The number of piperazine rings is 1. The van der Waals surface area contributed by atoms with Crippen molar-refractivity contribution in [3.8, 4) is 5.75 Å². The predicted octanol–water partition coefficient (Wildman–Crippen LogP) is 1.52. The van der Waals surface area contributed by atoms with E-state index < -0.39 is 11.1 Å². The number of methoxy groups -OCH3 is 1. The number of aryl methyl sites for hydroxylation is 1. The zero-order chi connectivity index (χ0) is 24.8. The summed E-state index contributed by atoms with van der Waals surface area (Å²) in [6.45, 7) is 7.32. The van der Waals surface area contributed by atoms with E-state index in [1.807, 2.05) is 25.1 Å². The summed E-state index contributed by atoms with van der Waals surface area (Å²) in [6.07, 6.45) is 0.821. The first kappa shape index (κ1) is 24.5. The van der Waals surface area contributed by atoms with Gasteiger partial charge in [0.15, 0.2) is 0 Å². The fraction of sp³-hybridized carbons (Fsp3) is 0.423. The van der Waals surface area contributed by atoms with Crippen LogP contribution in [0.1, 0.15) is 13.3 Å². The molecule has 0 bridgehead atoms. The fourth-order valence-corrected chi connectivity index (χ4v) is 4.59. The standard InChI is InChI=1S/C26H33N5O4/c1-3-30-22-7-4-5-8-23(22)31(26(34)25(30)33)19-24(32)27-13-6-14-28-15-17-29(18-16-28)20-9-11-21(35-2)12-10-20/h4-5,7-12H,3,6,13-19H2,1-2H3,(H,27,32). The summed E-state index contributed by atoms with van der Waals surface area (Å²) in [5, 5.41) is 2.90. The molecule has 1 fully saturated rings. The number of rotatable bonds is 9. The van der Waals surface area contributed by atoms with E-state index in [1.165, 1.54) is 14.8 Å². The Morgan fingerprint density at radius 1 is 0.914 bits per heavy atom. The van der Waals surface area contributed by atoms with Crippen molar-refractivity contribution < 1.29 is 9.53 Å². The minimum absolute atomic E-state index is 0.167. The highest BCUT2D eigenvalue weighted by atomic mass is 16.5. The third-order valence-electron chi connectivity index (χ3n) is 6.54. The first-order valence-electron chi connectivity index (χ1n) is 12.1. The molecule has 1 saturated heterocycles. The van der Waals surface area contributed by atoms with Gasteiger partial charge in [0.1, 0.15) is 12.3 Å². The molecule has 2 aromatic carbocycles. The predicted molar refractivity (Wildman–Crippen MR) is 137 cm³/mol. The minimum atomic E-state index is -0.671. The molecular weight excluding hydrogens is 446 g/mol. The van der Waals surface area contributed by atoms with Crippen molar-refractivity contribution in [1.82, 2.24) is 19.4 Å². The summed E-state index contributed by atoms with van der Waals surface area (Å²) < 4.78 is 7.95. The van der Waals surface area contributed by atoms with Gasteiger partial charge in [0, 0.05) is 45.0 Å². The van der Waals surface area contributed by atoms with Gasteiger partial charge in [-0.05, 0) is 56.3 Å². The number of carbonyl (C=O) groups excluding carboxylic acids is 1. The Kier molecular flexibility index (Phi) is 7.87. The zero-order valence-electron chi connectivity index (χ0n) is 20.4. The van der Waals surface area contributed by atoms with Crippen molar-refractivity contribution in [2.45, 2.75) is 26.4 Å². The number of anilines is 1. The van der Waals surface area contributed by atoms with Gasteiger partial charge in [-0.2, -0.15) is 0 Å². The van der Waals surface area contributed by atoms with E-state index in [0.29, 0.717) is 24.1 Å². The van der Waals surface area contributed by atoms with Crippen molar-refractivity contribution in [3.63, 3.8) is 0 Å². The molecule has 0 aliphatic carbocycles. The highest BCUT2D eigenvalue weighted by Crippen LogP contribution is 2.20. The molecule has 0 unspecified atom stereocenters. The second kappa shape index (κ2) is 11.2. The van der Waals surface area contributed by atoms with Gasteiger partial charge in [0.05, 0.1) is 18.1 Å². The first-order valence-corrected chi connectivity index (χ1v) is 12.1. The monoisotopic (exact) mass is 479 g/mol. The molecule has 186 valence electrons. The lowest BCUT2D eigenvalue weighted by Crippen LogP contribution is -2.47. The molecule has 0 atom stereocenters. The van der Waals surface area contributed by atoms with Crippen molar-refractivity contribution in [2.24, 2.45) is 0 Å². The summed E-state index contributed by atoms with van der Waals surface area (Å²) in [6, 6.07) is 15.3. The average molecular weight is 480 g/mol. The molecule has 1 N–H and O–H groups in total. The number of nitrogens with zero attached hydrogens (tertiary/aromatic N) is 4. The van der Waals surface area contributed by atoms with Crippen LogP contribution in [-0.2, 0) is 17.9 Å². The van der Waals surface area contributed by atoms with Gasteiger partial charge in [-0.1, -0.05) is 12.1 Å². The highest BCUT2D eigenvalue weighted by Gasteiger charge is 2.17. The molecule has 9 heteroatoms. The van der Waals surface area contributed by atoms with Gasteiger partial charge in [-0.25, -0.2) is 0 Å². The van der Waals surface area contributed by atoms with E-state index in [2.05, 4.69) is 27.2 Å². The van der Waals surface area contributed by atoms with Crippen LogP contribution in [0.15, 0.2) is 58.1 Å². The smallest absolute Gasteiger partial charge is 0.317 e. The Balaban J connectivity index is 1.25. The first-order chi connectivity index (χ1) is 17.0. The van der Waals surface area contributed by atoms with Gasteiger partial charge in [0.25, 0.3) is 0 Å². The Labute approximate surface area is 204 Å². The average Bonchev–Trinajstić information content (AvgIpc) is 2.90. The third kappa shape index (κ3) is 5.57. The maximum absolute atomic E-state index is 12.6. The number of fused-ring (bicyclic) bond motifs is 1. The molecule has 1 amide bonds. The summed E-state index contributed by atoms with van der Waals surface area (Å²) in [5.74, 6) is 0.591. The Morgan fingerprint density at radius 3 is 2.17 bits per heavy atom. The second-order valence-corrected chi connectivity index (χ2v) is 8.66. The van der Waals surface area contributed by atoms with Gasteiger partial charge < -0.3 is 19.5 Å². The van der Waals surface area contributed by atoms with Crippen LogP contribution in [-0.4, -0.2) is 66.3 Å². The third-order valence-corrected chi connectivity index (χ3v) is 6.54. The number of ether oxygens (including phenoxy) is 1. The number of amides is 1. The van der Waals surface area contributed by atoms with Crippen molar-refractivity contribution in [3.05, 3.63) is 69.2 Å². The molecular formula is C26H33N5O4. The molecule has 9 nitrogen and oxygen atoms in total. The summed E-state index contributed by atoms with van der Waals surface area (Å²) in [7, 11) is 1.67. The highest BCUT2D eigenvalue weighted by molar-refractivity contribution is 5.80. The maximum Gasteiger partial charge on any atom is 0.317 e. The van der Waals surface area contributed by atoms with E-state index in [1.54, 1.807) is 25.3 Å². The van der Waals surface area contributed by atoms with Gasteiger partial charge >= 0.3 is 11.1 Å². The topological polar surface area (TPSA) is 88.8 Å². The van der Waals surface area contributed by atoms with Gasteiger partial charge in [0.2, 0.25) is 5.91 Å². The molecule has 3 aromatic rings. The fourth-order valence-electron chi connectivity index (χ4n) is 4.59. The molecule has 2 heterocycles. The Morgan fingerprint density at radius 2 is 1.54 bits per heavy atom. The van der Waals surface area contributed by atoms with Crippen LogP contribution in [0.3, 0.4) is 0 Å². The molecule has 1 aliphatic rings. The summed E-state index contributed by atoms with van der Waals surface area (Å²) in [5.41, 5.74) is 1.17. The number of nitrogens with one attached hydrogen (secondary N) is 1. The van der Waals surface area contributed by atoms with Gasteiger partial charge in [-0.15, -0.1) is 0 Å². The summed E-state index contributed by atoms with van der Waals surface area (Å²) >= 11 is 0. The summed E-state index contributed by atoms with van der Waals surface area (Å²) in [4.78, 5) is 42.4. The lowest BCUT2D eigenvalue weighted by molar-refractivity contribution is -0.121. The van der Waals surface area contributed by atoms with Crippen LogP contribution in [0.2, 0.25) is 0 Å². The van der Waals surface area contributed by atoms with Crippen LogP contribution in [0.5, 0.6) is 5.75 Å².